The van der Waals surface area contributed by atoms with Gasteiger partial charge in [0.1, 0.15) is 5.01 Å². The Balaban J connectivity index is 0.00000392. The standard InChI is InChI=1S/C21H32N4OS.HI/c1-6-17-12-23-19(27-17)14-25-20(22-7-2)24-13-18(26)15-8-10-16(11-9-15)21(3,4)5;/h8-12,18,26H,6-7,13-14H2,1-5H3,(H2,22,24,25);1H. The van der Waals surface area contributed by atoms with Crippen LogP contribution in [0.2, 0.25) is 0 Å². The monoisotopic (exact) mass is 516 g/mol. The fourth-order valence-corrected chi connectivity index (χ4v) is 3.38. The highest BCUT2D eigenvalue weighted by atomic mass is 127. The Hall–Kier alpha value is -1.19. The predicted molar refractivity (Wildman–Crippen MR) is 130 cm³/mol. The van der Waals surface area contributed by atoms with Gasteiger partial charge in [-0.3, -0.25) is 0 Å². The summed E-state index contributed by atoms with van der Waals surface area (Å²) in [5, 5.41) is 17.9. The van der Waals surface area contributed by atoms with Crippen molar-refractivity contribution >= 4 is 41.3 Å². The molecule has 0 spiro atoms. The summed E-state index contributed by atoms with van der Waals surface area (Å²) in [6.45, 7) is 12.4. The zero-order chi connectivity index (χ0) is 19.9. The van der Waals surface area contributed by atoms with E-state index in [-0.39, 0.29) is 29.4 Å². The van der Waals surface area contributed by atoms with Crippen LogP contribution in [0.1, 0.15) is 61.7 Å². The number of aliphatic hydroxyl groups is 1. The number of halogens is 1. The number of guanidine groups is 1. The van der Waals surface area contributed by atoms with Gasteiger partial charge in [-0.05, 0) is 29.9 Å². The molecule has 0 aliphatic rings. The number of thiazole rings is 1. The molecular formula is C21H33IN4OS. The SMILES string of the molecule is CCNC(=NCc1ncc(CC)s1)NCC(O)c1ccc(C(C)(C)C)cc1.I. The fourth-order valence-electron chi connectivity index (χ4n) is 2.59. The molecule has 28 heavy (non-hydrogen) atoms. The van der Waals surface area contributed by atoms with E-state index in [0.717, 1.165) is 23.5 Å². The Morgan fingerprint density at radius 2 is 1.86 bits per heavy atom. The normalized spacial score (nSPS) is 13.0. The van der Waals surface area contributed by atoms with Gasteiger partial charge in [0.2, 0.25) is 0 Å². The molecule has 0 fully saturated rings. The van der Waals surface area contributed by atoms with Crippen molar-refractivity contribution in [3.63, 3.8) is 0 Å². The lowest BCUT2D eigenvalue weighted by molar-refractivity contribution is 0.181. The van der Waals surface area contributed by atoms with Crippen molar-refractivity contribution in [1.29, 1.82) is 0 Å². The Bertz CT molecular complexity index is 738. The van der Waals surface area contributed by atoms with Crippen LogP contribution in [-0.4, -0.2) is 29.1 Å². The number of rotatable bonds is 7. The zero-order valence-corrected chi connectivity index (χ0v) is 20.6. The molecule has 2 aromatic rings. The van der Waals surface area contributed by atoms with E-state index in [2.05, 4.69) is 60.4 Å². The smallest absolute Gasteiger partial charge is 0.191 e. The quantitative estimate of drug-likeness (QED) is 0.290. The number of hydrogen-bond acceptors (Lipinski definition) is 4. The Morgan fingerprint density at radius 1 is 1.18 bits per heavy atom. The average Bonchev–Trinajstić information content (AvgIpc) is 3.11. The third-order valence-electron chi connectivity index (χ3n) is 4.29. The van der Waals surface area contributed by atoms with Gasteiger partial charge in [-0.2, -0.15) is 0 Å². The van der Waals surface area contributed by atoms with Gasteiger partial charge in [0, 0.05) is 24.2 Å². The summed E-state index contributed by atoms with van der Waals surface area (Å²) in [4.78, 5) is 10.2. The third-order valence-corrected chi connectivity index (χ3v) is 5.42. The second kappa shape index (κ2) is 11.7. The van der Waals surface area contributed by atoms with Crippen LogP contribution in [-0.2, 0) is 18.4 Å². The maximum Gasteiger partial charge on any atom is 0.191 e. The summed E-state index contributed by atoms with van der Waals surface area (Å²) in [7, 11) is 0. The minimum Gasteiger partial charge on any atom is -0.387 e. The van der Waals surface area contributed by atoms with Gasteiger partial charge in [-0.1, -0.05) is 52.0 Å². The molecule has 2 rings (SSSR count). The Kier molecular flexibility index (Phi) is 10.4. The zero-order valence-electron chi connectivity index (χ0n) is 17.5. The second-order valence-electron chi connectivity index (χ2n) is 7.54. The number of aliphatic imine (C=N–C) groups is 1. The lowest BCUT2D eigenvalue weighted by Crippen LogP contribution is -2.39. The molecule has 1 heterocycles. The summed E-state index contributed by atoms with van der Waals surface area (Å²) in [6.07, 6.45) is 2.33. The van der Waals surface area contributed by atoms with Crippen LogP contribution in [0.3, 0.4) is 0 Å². The molecule has 0 aliphatic carbocycles. The topological polar surface area (TPSA) is 69.5 Å². The van der Waals surface area contributed by atoms with Gasteiger partial charge < -0.3 is 15.7 Å². The van der Waals surface area contributed by atoms with Gasteiger partial charge in [-0.15, -0.1) is 35.3 Å². The molecule has 0 aliphatic heterocycles. The highest BCUT2D eigenvalue weighted by Gasteiger charge is 2.15. The summed E-state index contributed by atoms with van der Waals surface area (Å²) < 4.78 is 0. The molecule has 0 radical (unpaired) electrons. The highest BCUT2D eigenvalue weighted by molar-refractivity contribution is 14.0. The van der Waals surface area contributed by atoms with Crippen molar-refractivity contribution < 1.29 is 5.11 Å². The number of aliphatic hydroxyl groups excluding tert-OH is 1. The highest BCUT2D eigenvalue weighted by Crippen LogP contribution is 2.23. The maximum atomic E-state index is 10.5. The molecule has 0 saturated carbocycles. The molecule has 0 bridgehead atoms. The van der Waals surface area contributed by atoms with Crippen LogP contribution in [0.4, 0.5) is 0 Å². The molecule has 5 nitrogen and oxygen atoms in total. The van der Waals surface area contributed by atoms with E-state index in [4.69, 9.17) is 0 Å². The Labute approximate surface area is 190 Å². The predicted octanol–water partition coefficient (Wildman–Crippen LogP) is 4.41. The van der Waals surface area contributed by atoms with Crippen molar-refractivity contribution in [3.05, 3.63) is 51.5 Å². The first-order chi connectivity index (χ1) is 12.8. The first-order valence-electron chi connectivity index (χ1n) is 9.57. The van der Waals surface area contributed by atoms with Gasteiger partial charge >= 0.3 is 0 Å². The fraction of sp³-hybridized carbons (Fsp3) is 0.524. The lowest BCUT2D eigenvalue weighted by Gasteiger charge is -2.20. The van der Waals surface area contributed by atoms with E-state index in [1.165, 1.54) is 10.4 Å². The number of nitrogens with zero attached hydrogens (tertiary/aromatic N) is 2. The summed E-state index contributed by atoms with van der Waals surface area (Å²) in [5.74, 6) is 0.691. The maximum absolute atomic E-state index is 10.5. The average molecular weight is 516 g/mol. The van der Waals surface area contributed by atoms with Crippen molar-refractivity contribution in [2.24, 2.45) is 4.99 Å². The first-order valence-corrected chi connectivity index (χ1v) is 10.4. The van der Waals surface area contributed by atoms with Crippen molar-refractivity contribution in [3.8, 4) is 0 Å². The van der Waals surface area contributed by atoms with E-state index < -0.39 is 6.10 Å². The van der Waals surface area contributed by atoms with E-state index >= 15 is 0 Å². The number of aromatic nitrogens is 1. The van der Waals surface area contributed by atoms with Crippen LogP contribution >= 0.6 is 35.3 Å². The molecule has 1 atom stereocenters. The first kappa shape index (κ1) is 24.8. The van der Waals surface area contributed by atoms with Crippen LogP contribution in [0.5, 0.6) is 0 Å². The van der Waals surface area contributed by atoms with E-state index in [1.54, 1.807) is 11.3 Å². The number of nitrogens with one attached hydrogen (secondary N) is 2. The van der Waals surface area contributed by atoms with Gasteiger partial charge in [0.05, 0.1) is 12.6 Å². The van der Waals surface area contributed by atoms with Crippen LogP contribution in [0.15, 0.2) is 35.5 Å². The van der Waals surface area contributed by atoms with Crippen molar-refractivity contribution in [2.75, 3.05) is 13.1 Å². The molecule has 3 N–H and O–H groups in total. The van der Waals surface area contributed by atoms with Gasteiger partial charge in [-0.25, -0.2) is 9.98 Å². The second-order valence-corrected chi connectivity index (χ2v) is 8.74. The molecule has 1 aromatic heterocycles. The summed E-state index contributed by atoms with van der Waals surface area (Å²) >= 11 is 1.69. The van der Waals surface area contributed by atoms with E-state index in [1.807, 2.05) is 25.3 Å². The minimum absolute atomic E-state index is 0. The van der Waals surface area contributed by atoms with Crippen LogP contribution in [0, 0.1) is 0 Å². The molecule has 7 heteroatoms. The summed E-state index contributed by atoms with van der Waals surface area (Å²) in [6, 6.07) is 8.18. The van der Waals surface area contributed by atoms with E-state index in [9.17, 15) is 5.11 Å². The summed E-state index contributed by atoms with van der Waals surface area (Å²) in [5.41, 5.74) is 2.27. The Morgan fingerprint density at radius 3 is 2.39 bits per heavy atom. The molecule has 0 saturated heterocycles. The molecule has 1 aromatic carbocycles. The minimum atomic E-state index is -0.588. The van der Waals surface area contributed by atoms with Crippen LogP contribution in [0.25, 0.3) is 0 Å². The van der Waals surface area contributed by atoms with Crippen molar-refractivity contribution in [1.82, 2.24) is 15.6 Å². The van der Waals surface area contributed by atoms with Gasteiger partial charge in [0.25, 0.3) is 0 Å². The lowest BCUT2D eigenvalue weighted by atomic mass is 9.86. The third kappa shape index (κ3) is 7.67. The largest absolute Gasteiger partial charge is 0.387 e. The van der Waals surface area contributed by atoms with E-state index in [0.29, 0.717) is 19.0 Å². The number of hydrogen-bond donors (Lipinski definition) is 3. The van der Waals surface area contributed by atoms with Crippen molar-refractivity contribution in [2.45, 2.75) is 59.1 Å². The van der Waals surface area contributed by atoms with Gasteiger partial charge in [0.15, 0.2) is 5.96 Å². The molecule has 156 valence electrons. The molecule has 0 amide bonds. The molecular weight excluding hydrogens is 483 g/mol. The molecule has 1 unspecified atom stereocenters. The number of aryl methyl sites for hydroxylation is 1. The number of benzene rings is 1. The van der Waals surface area contributed by atoms with Crippen LogP contribution < -0.4 is 10.6 Å².